The first-order valence-corrected chi connectivity index (χ1v) is 8.24. The summed E-state index contributed by atoms with van der Waals surface area (Å²) in [6.07, 6.45) is 0. The third-order valence-corrected chi connectivity index (χ3v) is 4.69. The van der Waals surface area contributed by atoms with Crippen LogP contribution in [0.1, 0.15) is 27.7 Å². The summed E-state index contributed by atoms with van der Waals surface area (Å²) in [4.78, 5) is 13.2. The summed E-state index contributed by atoms with van der Waals surface area (Å²) < 4.78 is 15.8. The van der Waals surface area contributed by atoms with Crippen molar-refractivity contribution in [2.24, 2.45) is 0 Å². The molecule has 2 rings (SSSR count). The lowest BCUT2D eigenvalue weighted by Crippen LogP contribution is -2.05. The molecule has 25 heavy (non-hydrogen) atoms. The van der Waals surface area contributed by atoms with Gasteiger partial charge in [0.25, 0.3) is 0 Å². The normalized spacial score (nSPS) is 10.0. The van der Waals surface area contributed by atoms with Crippen LogP contribution in [-0.2, 0) is 0 Å². The van der Waals surface area contributed by atoms with Gasteiger partial charge in [-0.2, -0.15) is 5.26 Å². The zero-order chi connectivity index (χ0) is 18.6. The quantitative estimate of drug-likeness (QED) is 0.730. The molecule has 0 unspecified atom stereocenters. The zero-order valence-electron chi connectivity index (χ0n) is 14.4. The highest BCUT2D eigenvalue weighted by molar-refractivity contribution is 7.19. The van der Waals surface area contributed by atoms with E-state index in [1.807, 2.05) is 13.0 Å². The fourth-order valence-corrected chi connectivity index (χ4v) is 3.45. The van der Waals surface area contributed by atoms with Gasteiger partial charge in [-0.25, -0.2) is 0 Å². The number of nitrogen functional groups attached to an aromatic ring is 1. The fraction of sp³-hybridized carbons (Fsp3) is 0.294. The summed E-state index contributed by atoms with van der Waals surface area (Å²) in [5.74, 6) is 0.814. The summed E-state index contributed by atoms with van der Waals surface area (Å²) in [7, 11) is 4.44. The average molecular weight is 361 g/mol. The highest BCUT2D eigenvalue weighted by atomic mass is 32.1. The van der Waals surface area contributed by atoms with Gasteiger partial charge in [0.05, 0.1) is 27.0 Å². The highest BCUT2D eigenvalue weighted by Gasteiger charge is 2.24. The van der Waals surface area contributed by atoms with Crippen LogP contribution in [0.2, 0.25) is 0 Å². The molecule has 0 radical (unpaired) electrons. The molecule has 0 aliphatic heterocycles. The van der Waals surface area contributed by atoms with Crippen LogP contribution in [0.5, 0.6) is 17.2 Å². The lowest BCUT2D eigenvalue weighted by Gasteiger charge is -2.13. The second kappa shape index (κ2) is 7.77. The number of nitrogens with zero attached hydrogens (tertiary/aromatic N) is 1. The number of hydrogen-bond acceptors (Lipinski definition) is 8. The zero-order valence-corrected chi connectivity index (χ0v) is 15.2. The Morgan fingerprint density at radius 1 is 1.24 bits per heavy atom. The van der Waals surface area contributed by atoms with Gasteiger partial charge in [0, 0.05) is 12.1 Å². The van der Waals surface area contributed by atoms with Gasteiger partial charge in [-0.15, -0.1) is 11.3 Å². The van der Waals surface area contributed by atoms with E-state index in [-0.39, 0.29) is 17.0 Å². The molecule has 3 N–H and O–H groups in total. The van der Waals surface area contributed by atoms with Crippen molar-refractivity contribution in [1.82, 2.24) is 0 Å². The predicted octanol–water partition coefficient (Wildman–Crippen LogP) is 2.89. The fourth-order valence-electron chi connectivity index (χ4n) is 2.35. The standard InChI is InChI=1S/C17H19N3O4S/c1-5-20-17-10(8-18)13(19)16(25-17)14(21)9-6-11(22-2)15(24-4)12(7-9)23-3/h6-7,20H,5,19H2,1-4H3. The molecule has 2 aromatic rings. The van der Waals surface area contributed by atoms with Gasteiger partial charge in [-0.3, -0.25) is 4.79 Å². The first kappa shape index (κ1) is 18.4. The van der Waals surface area contributed by atoms with Gasteiger partial charge >= 0.3 is 0 Å². The van der Waals surface area contributed by atoms with Gasteiger partial charge in [0.2, 0.25) is 11.5 Å². The molecular formula is C17H19N3O4S. The molecule has 8 heteroatoms. The topological polar surface area (TPSA) is 107 Å². The summed E-state index contributed by atoms with van der Waals surface area (Å²) in [6, 6.07) is 5.15. The molecule has 0 saturated heterocycles. The Kier molecular flexibility index (Phi) is 5.72. The smallest absolute Gasteiger partial charge is 0.205 e. The van der Waals surface area contributed by atoms with Crippen molar-refractivity contribution in [2.75, 3.05) is 38.9 Å². The van der Waals surface area contributed by atoms with Gasteiger partial charge in [-0.1, -0.05) is 0 Å². The number of carbonyl (C=O) groups is 1. The molecule has 0 amide bonds. The van der Waals surface area contributed by atoms with Crippen molar-refractivity contribution in [2.45, 2.75) is 6.92 Å². The van der Waals surface area contributed by atoms with E-state index in [2.05, 4.69) is 5.32 Å². The number of rotatable bonds is 7. The minimum Gasteiger partial charge on any atom is -0.493 e. The van der Waals surface area contributed by atoms with Crippen LogP contribution in [0, 0.1) is 11.3 Å². The number of ether oxygens (including phenoxy) is 3. The lowest BCUT2D eigenvalue weighted by molar-refractivity contribution is 0.104. The molecule has 0 bridgehead atoms. The van der Waals surface area contributed by atoms with Crippen molar-refractivity contribution in [3.63, 3.8) is 0 Å². The van der Waals surface area contributed by atoms with E-state index in [1.165, 1.54) is 21.3 Å². The maximum atomic E-state index is 12.9. The van der Waals surface area contributed by atoms with Crippen LogP contribution in [0.3, 0.4) is 0 Å². The van der Waals surface area contributed by atoms with Gasteiger partial charge in [-0.05, 0) is 19.1 Å². The molecule has 1 aromatic heterocycles. The number of thiophene rings is 1. The molecular weight excluding hydrogens is 342 g/mol. The number of anilines is 2. The summed E-state index contributed by atoms with van der Waals surface area (Å²) >= 11 is 1.15. The SMILES string of the molecule is CCNc1sc(C(=O)c2cc(OC)c(OC)c(OC)c2)c(N)c1C#N. The number of nitrogens with two attached hydrogens (primary N) is 1. The molecule has 0 saturated carbocycles. The van der Waals surface area contributed by atoms with E-state index >= 15 is 0 Å². The Balaban J connectivity index is 2.57. The molecule has 1 aromatic carbocycles. The first-order chi connectivity index (χ1) is 12.0. The van der Waals surface area contributed by atoms with E-state index < -0.39 is 0 Å². The second-order valence-electron chi connectivity index (χ2n) is 4.93. The van der Waals surface area contributed by atoms with E-state index in [1.54, 1.807) is 12.1 Å². The number of nitrogens with one attached hydrogen (secondary N) is 1. The molecule has 0 aliphatic rings. The maximum absolute atomic E-state index is 12.9. The monoisotopic (exact) mass is 361 g/mol. The maximum Gasteiger partial charge on any atom is 0.205 e. The van der Waals surface area contributed by atoms with Gasteiger partial charge in [0.15, 0.2) is 11.5 Å². The summed E-state index contributed by atoms with van der Waals surface area (Å²) in [5.41, 5.74) is 6.80. The molecule has 0 aliphatic carbocycles. The van der Waals surface area contributed by atoms with Crippen molar-refractivity contribution in [3.8, 4) is 23.3 Å². The van der Waals surface area contributed by atoms with Crippen LogP contribution in [-0.4, -0.2) is 33.7 Å². The Morgan fingerprint density at radius 3 is 2.28 bits per heavy atom. The minimum absolute atomic E-state index is 0.169. The van der Waals surface area contributed by atoms with E-state index in [9.17, 15) is 10.1 Å². The molecule has 132 valence electrons. The Hall–Kier alpha value is -2.92. The largest absolute Gasteiger partial charge is 0.493 e. The van der Waals surface area contributed by atoms with E-state index in [0.29, 0.717) is 39.2 Å². The average Bonchev–Trinajstić information content (AvgIpc) is 2.95. The Bertz CT molecular complexity index is 814. The van der Waals surface area contributed by atoms with E-state index in [0.717, 1.165) is 11.3 Å². The number of methoxy groups -OCH3 is 3. The van der Waals surface area contributed by atoms with Crippen LogP contribution in [0.25, 0.3) is 0 Å². The van der Waals surface area contributed by atoms with Gasteiger partial charge in [0.1, 0.15) is 21.5 Å². The number of benzene rings is 1. The van der Waals surface area contributed by atoms with Crippen LogP contribution >= 0.6 is 11.3 Å². The Morgan fingerprint density at radius 2 is 1.84 bits per heavy atom. The third kappa shape index (κ3) is 3.32. The summed E-state index contributed by atoms with van der Waals surface area (Å²) in [6.45, 7) is 2.52. The van der Waals surface area contributed by atoms with Crippen LogP contribution in [0.4, 0.5) is 10.7 Å². The molecule has 0 fully saturated rings. The highest BCUT2D eigenvalue weighted by Crippen LogP contribution is 2.41. The molecule has 0 spiro atoms. The van der Waals surface area contributed by atoms with Gasteiger partial charge < -0.3 is 25.3 Å². The van der Waals surface area contributed by atoms with E-state index in [4.69, 9.17) is 19.9 Å². The molecule has 1 heterocycles. The number of ketones is 1. The van der Waals surface area contributed by atoms with Crippen LogP contribution < -0.4 is 25.3 Å². The number of carbonyl (C=O) groups excluding carboxylic acids is 1. The van der Waals surface area contributed by atoms with Crippen molar-refractivity contribution in [3.05, 3.63) is 28.1 Å². The number of hydrogen-bond donors (Lipinski definition) is 2. The third-order valence-electron chi connectivity index (χ3n) is 3.53. The predicted molar refractivity (Wildman–Crippen MR) is 97.1 cm³/mol. The Labute approximate surface area is 149 Å². The van der Waals surface area contributed by atoms with Crippen LogP contribution in [0.15, 0.2) is 12.1 Å². The second-order valence-corrected chi connectivity index (χ2v) is 5.95. The molecule has 7 nitrogen and oxygen atoms in total. The number of nitriles is 1. The minimum atomic E-state index is -0.317. The van der Waals surface area contributed by atoms with Crippen molar-refractivity contribution in [1.29, 1.82) is 5.26 Å². The van der Waals surface area contributed by atoms with Crippen molar-refractivity contribution < 1.29 is 19.0 Å². The first-order valence-electron chi connectivity index (χ1n) is 7.43. The summed E-state index contributed by atoms with van der Waals surface area (Å²) in [5, 5.41) is 12.9. The lowest BCUT2D eigenvalue weighted by atomic mass is 10.1. The molecule has 0 atom stereocenters. The van der Waals surface area contributed by atoms with Crippen molar-refractivity contribution >= 4 is 27.8 Å².